The monoisotopic (exact) mass is 315 g/mol. The van der Waals surface area contributed by atoms with E-state index >= 15 is 0 Å². The lowest BCUT2D eigenvalue weighted by Gasteiger charge is -2.70. The van der Waals surface area contributed by atoms with E-state index < -0.39 is 0 Å². The van der Waals surface area contributed by atoms with E-state index in [0.717, 1.165) is 36.1 Å². The van der Waals surface area contributed by atoms with Crippen LogP contribution in [0.15, 0.2) is 0 Å². The summed E-state index contributed by atoms with van der Waals surface area (Å²) in [5, 5.41) is 4.15. The first-order valence-corrected chi connectivity index (χ1v) is 10.6. The summed E-state index contributed by atoms with van der Waals surface area (Å²) in [6, 6.07) is 2.70. The van der Waals surface area contributed by atoms with Crippen molar-refractivity contribution in [1.82, 2.24) is 15.1 Å². The van der Waals surface area contributed by atoms with E-state index in [4.69, 9.17) is 0 Å². The Bertz CT molecular complexity index is 493. The SMILES string of the molecule is C1CCN2C[C@]34C[C@@H](C[C@@H]5CCCN([C@H]6CCC[C@@H]3N6)[C@H]54)[C@H]2C1. The molecular weight excluding hydrogens is 282 g/mol. The van der Waals surface area contributed by atoms with Gasteiger partial charge in [0.05, 0.1) is 6.17 Å². The maximum absolute atomic E-state index is 4.15. The molecule has 1 N–H and O–H groups in total. The van der Waals surface area contributed by atoms with Gasteiger partial charge in [-0.3, -0.25) is 15.1 Å². The van der Waals surface area contributed by atoms with Crippen LogP contribution in [0.25, 0.3) is 0 Å². The largest absolute Gasteiger partial charge is 0.299 e. The van der Waals surface area contributed by atoms with E-state index in [9.17, 15) is 0 Å². The maximum Gasteiger partial charge on any atom is 0.0602 e. The second-order valence-corrected chi connectivity index (χ2v) is 9.72. The molecular formula is C20H33N3. The van der Waals surface area contributed by atoms with Crippen LogP contribution in [0.5, 0.6) is 0 Å². The molecule has 5 aliphatic heterocycles. The highest BCUT2D eigenvalue weighted by Crippen LogP contribution is 2.59. The molecule has 3 heteroatoms. The van der Waals surface area contributed by atoms with Gasteiger partial charge in [0, 0.05) is 30.1 Å². The van der Waals surface area contributed by atoms with Gasteiger partial charge < -0.3 is 0 Å². The van der Waals surface area contributed by atoms with Crippen LogP contribution >= 0.6 is 0 Å². The summed E-state index contributed by atoms with van der Waals surface area (Å²) in [7, 11) is 0. The molecule has 0 unspecified atom stereocenters. The molecule has 5 saturated heterocycles. The molecule has 3 nitrogen and oxygen atoms in total. The molecule has 1 aliphatic carbocycles. The predicted molar refractivity (Wildman–Crippen MR) is 92.1 cm³/mol. The fraction of sp³-hybridized carbons (Fsp3) is 1.00. The van der Waals surface area contributed by atoms with Gasteiger partial charge in [0.2, 0.25) is 0 Å². The minimum Gasteiger partial charge on any atom is -0.299 e. The first-order chi connectivity index (χ1) is 11.4. The highest BCUT2D eigenvalue weighted by atomic mass is 15.4. The van der Waals surface area contributed by atoms with E-state index in [0.29, 0.717) is 5.41 Å². The molecule has 0 aromatic rings. The van der Waals surface area contributed by atoms with Gasteiger partial charge in [0.1, 0.15) is 0 Å². The van der Waals surface area contributed by atoms with Crippen molar-refractivity contribution in [2.75, 3.05) is 19.6 Å². The topological polar surface area (TPSA) is 18.5 Å². The van der Waals surface area contributed by atoms with Crippen LogP contribution in [0.1, 0.15) is 64.2 Å². The quantitative estimate of drug-likeness (QED) is 0.741. The van der Waals surface area contributed by atoms with Crippen LogP contribution < -0.4 is 5.32 Å². The molecule has 128 valence electrons. The normalized spacial score (nSPS) is 55.8. The Morgan fingerprint density at radius 3 is 2.87 bits per heavy atom. The van der Waals surface area contributed by atoms with Crippen LogP contribution in [-0.4, -0.2) is 53.7 Å². The van der Waals surface area contributed by atoms with Gasteiger partial charge in [-0.1, -0.05) is 6.42 Å². The van der Waals surface area contributed by atoms with Crippen molar-refractivity contribution in [3.63, 3.8) is 0 Å². The lowest BCUT2D eigenvalue weighted by atomic mass is 9.50. The molecule has 1 saturated carbocycles. The Kier molecular flexibility index (Phi) is 3.04. The third-order valence-corrected chi connectivity index (χ3v) is 8.80. The Balaban J connectivity index is 1.44. The van der Waals surface area contributed by atoms with Crippen molar-refractivity contribution >= 4 is 0 Å². The van der Waals surface area contributed by atoms with Gasteiger partial charge in [0.25, 0.3) is 0 Å². The second-order valence-electron chi connectivity index (χ2n) is 9.72. The van der Waals surface area contributed by atoms with E-state index in [1.807, 2.05) is 0 Å². The van der Waals surface area contributed by atoms with Crippen LogP contribution in [0.4, 0.5) is 0 Å². The third kappa shape index (κ3) is 1.82. The molecule has 23 heavy (non-hydrogen) atoms. The fourth-order valence-corrected chi connectivity index (χ4v) is 8.25. The van der Waals surface area contributed by atoms with Crippen LogP contribution in [0, 0.1) is 17.3 Å². The van der Waals surface area contributed by atoms with Gasteiger partial charge >= 0.3 is 0 Å². The predicted octanol–water partition coefficient (Wildman–Crippen LogP) is 2.81. The van der Waals surface area contributed by atoms with Crippen molar-refractivity contribution in [2.24, 2.45) is 17.3 Å². The number of nitrogens with one attached hydrogen (secondary N) is 1. The van der Waals surface area contributed by atoms with Gasteiger partial charge in [-0.05, 0) is 82.7 Å². The number of fused-ring (bicyclic) bond motifs is 6. The minimum atomic E-state index is 0.596. The number of rotatable bonds is 0. The van der Waals surface area contributed by atoms with Crippen LogP contribution in [0.3, 0.4) is 0 Å². The van der Waals surface area contributed by atoms with E-state index in [1.54, 1.807) is 12.8 Å². The summed E-state index contributed by atoms with van der Waals surface area (Å²) in [5.41, 5.74) is 0.596. The van der Waals surface area contributed by atoms with Crippen molar-refractivity contribution in [1.29, 1.82) is 0 Å². The first kappa shape index (κ1) is 14.1. The Hall–Kier alpha value is -0.120. The Morgan fingerprint density at radius 2 is 1.87 bits per heavy atom. The van der Waals surface area contributed by atoms with Crippen molar-refractivity contribution < 1.29 is 0 Å². The highest BCUT2D eigenvalue weighted by Gasteiger charge is 2.63. The van der Waals surface area contributed by atoms with Crippen molar-refractivity contribution in [3.05, 3.63) is 0 Å². The minimum absolute atomic E-state index is 0.596. The summed E-state index contributed by atoms with van der Waals surface area (Å²) in [6.45, 7) is 4.20. The summed E-state index contributed by atoms with van der Waals surface area (Å²) in [6.07, 6.45) is 15.6. The van der Waals surface area contributed by atoms with Crippen molar-refractivity contribution in [2.45, 2.75) is 88.5 Å². The lowest BCUT2D eigenvalue weighted by molar-refractivity contribution is -0.198. The highest BCUT2D eigenvalue weighted by molar-refractivity contribution is 5.18. The van der Waals surface area contributed by atoms with Crippen LogP contribution in [-0.2, 0) is 0 Å². The van der Waals surface area contributed by atoms with Gasteiger partial charge in [0.15, 0.2) is 0 Å². The fourth-order valence-electron chi connectivity index (χ4n) is 8.25. The Labute approximate surface area is 141 Å². The average Bonchev–Trinajstić information content (AvgIpc) is 2.60. The number of hydrogen-bond donors (Lipinski definition) is 1. The molecule has 6 aliphatic rings. The van der Waals surface area contributed by atoms with E-state index in [-0.39, 0.29) is 0 Å². The molecule has 1 spiro atoms. The molecule has 4 bridgehead atoms. The lowest BCUT2D eigenvalue weighted by Crippen LogP contribution is -2.80. The van der Waals surface area contributed by atoms with Gasteiger partial charge in [-0.2, -0.15) is 0 Å². The van der Waals surface area contributed by atoms with Gasteiger partial charge in [-0.15, -0.1) is 0 Å². The standard InChI is InChI=1S/C20H33N3/c1-2-9-22-13-20-12-15(16(22)6-1)11-14-5-4-10-23(19(14)20)18-8-3-7-17(20)21-18/h14-19,21H,1-13H2/t14-,15+,16+,17-,18-,19+,20+/m0/s1. The molecule has 7 atom stereocenters. The van der Waals surface area contributed by atoms with Gasteiger partial charge in [-0.25, -0.2) is 0 Å². The molecule has 6 fully saturated rings. The summed E-state index contributed by atoms with van der Waals surface area (Å²) in [5.74, 6) is 2.04. The van der Waals surface area contributed by atoms with E-state index in [1.165, 1.54) is 71.0 Å². The number of hydrogen-bond acceptors (Lipinski definition) is 3. The number of piperidine rings is 4. The average molecular weight is 316 g/mol. The first-order valence-electron chi connectivity index (χ1n) is 10.6. The zero-order valence-electron chi connectivity index (χ0n) is 14.6. The molecule has 0 amide bonds. The van der Waals surface area contributed by atoms with Crippen molar-refractivity contribution in [3.8, 4) is 0 Å². The molecule has 5 heterocycles. The Morgan fingerprint density at radius 1 is 0.870 bits per heavy atom. The summed E-state index contributed by atoms with van der Waals surface area (Å²) in [4.78, 5) is 5.95. The zero-order chi connectivity index (χ0) is 15.0. The smallest absolute Gasteiger partial charge is 0.0602 e. The summed E-state index contributed by atoms with van der Waals surface area (Å²) < 4.78 is 0. The van der Waals surface area contributed by atoms with E-state index in [2.05, 4.69) is 15.1 Å². The molecule has 0 aromatic carbocycles. The number of nitrogens with zero attached hydrogens (tertiary/aromatic N) is 2. The maximum atomic E-state index is 4.15. The molecule has 0 radical (unpaired) electrons. The second kappa shape index (κ2) is 4.95. The third-order valence-electron chi connectivity index (χ3n) is 8.80. The molecule has 6 rings (SSSR count). The summed E-state index contributed by atoms with van der Waals surface area (Å²) >= 11 is 0. The van der Waals surface area contributed by atoms with Crippen LogP contribution in [0.2, 0.25) is 0 Å². The molecule has 0 aromatic heterocycles. The zero-order valence-corrected chi connectivity index (χ0v) is 14.6.